The van der Waals surface area contributed by atoms with Crippen molar-refractivity contribution < 1.29 is 9.53 Å². The predicted octanol–water partition coefficient (Wildman–Crippen LogP) is 1.36. The average molecular weight is 243 g/mol. The van der Waals surface area contributed by atoms with Crippen LogP contribution in [0, 0.1) is 0 Å². The third kappa shape index (κ3) is 2.45. The summed E-state index contributed by atoms with van der Waals surface area (Å²) in [7, 11) is 1.34. The van der Waals surface area contributed by atoms with Crippen LogP contribution in [-0.4, -0.2) is 23.0 Å². The Hall–Kier alpha value is -2.43. The van der Waals surface area contributed by atoms with Crippen LogP contribution in [0.1, 0.15) is 17.3 Å². The third-order valence-electron chi connectivity index (χ3n) is 2.52. The SMILES string of the molecule is COC(=O)C(c1ccccc1)c1nccc(N)n1. The van der Waals surface area contributed by atoms with E-state index < -0.39 is 11.9 Å². The summed E-state index contributed by atoms with van der Waals surface area (Å²) in [4.78, 5) is 20.1. The van der Waals surface area contributed by atoms with Gasteiger partial charge in [0.05, 0.1) is 7.11 Å². The van der Waals surface area contributed by atoms with Gasteiger partial charge in [-0.3, -0.25) is 4.79 Å². The summed E-state index contributed by atoms with van der Waals surface area (Å²) in [5, 5.41) is 0. The zero-order valence-electron chi connectivity index (χ0n) is 9.91. The van der Waals surface area contributed by atoms with E-state index in [4.69, 9.17) is 10.5 Å². The number of hydrogen-bond donors (Lipinski definition) is 1. The lowest BCUT2D eigenvalue weighted by atomic mass is 9.98. The maximum absolute atomic E-state index is 11.9. The Balaban J connectivity index is 2.47. The quantitative estimate of drug-likeness (QED) is 0.823. The van der Waals surface area contributed by atoms with Gasteiger partial charge in [0, 0.05) is 6.20 Å². The molecule has 5 nitrogen and oxygen atoms in total. The fourth-order valence-electron chi connectivity index (χ4n) is 1.68. The lowest BCUT2D eigenvalue weighted by Crippen LogP contribution is -2.18. The van der Waals surface area contributed by atoms with Gasteiger partial charge in [-0.15, -0.1) is 0 Å². The molecular formula is C13H13N3O2. The van der Waals surface area contributed by atoms with Crippen molar-refractivity contribution in [2.24, 2.45) is 0 Å². The smallest absolute Gasteiger partial charge is 0.320 e. The molecule has 0 amide bonds. The molecule has 0 spiro atoms. The van der Waals surface area contributed by atoms with Gasteiger partial charge in [-0.25, -0.2) is 9.97 Å². The van der Waals surface area contributed by atoms with E-state index in [1.807, 2.05) is 30.3 Å². The number of esters is 1. The van der Waals surface area contributed by atoms with Gasteiger partial charge < -0.3 is 10.5 Å². The number of benzene rings is 1. The number of carbonyl (C=O) groups is 1. The Labute approximate surface area is 105 Å². The van der Waals surface area contributed by atoms with E-state index in [-0.39, 0.29) is 0 Å². The van der Waals surface area contributed by atoms with E-state index >= 15 is 0 Å². The minimum Gasteiger partial charge on any atom is -0.468 e. The van der Waals surface area contributed by atoms with E-state index in [9.17, 15) is 4.79 Å². The number of methoxy groups -OCH3 is 1. The Morgan fingerprint density at radius 1 is 1.28 bits per heavy atom. The van der Waals surface area contributed by atoms with Crippen molar-refractivity contribution in [2.75, 3.05) is 12.8 Å². The first-order chi connectivity index (χ1) is 8.72. The number of nitrogens with two attached hydrogens (primary N) is 1. The molecule has 0 radical (unpaired) electrons. The van der Waals surface area contributed by atoms with Crippen LogP contribution in [-0.2, 0) is 9.53 Å². The van der Waals surface area contributed by atoms with Crippen LogP contribution in [0.2, 0.25) is 0 Å². The van der Waals surface area contributed by atoms with Crippen LogP contribution in [0.5, 0.6) is 0 Å². The topological polar surface area (TPSA) is 78.1 Å². The number of ether oxygens (including phenoxy) is 1. The number of hydrogen-bond acceptors (Lipinski definition) is 5. The minimum atomic E-state index is -0.653. The van der Waals surface area contributed by atoms with Crippen molar-refractivity contribution in [1.29, 1.82) is 0 Å². The molecule has 0 aliphatic rings. The van der Waals surface area contributed by atoms with Gasteiger partial charge in [-0.05, 0) is 11.6 Å². The molecule has 0 saturated carbocycles. The van der Waals surface area contributed by atoms with E-state index in [1.54, 1.807) is 6.07 Å². The summed E-state index contributed by atoms with van der Waals surface area (Å²) < 4.78 is 4.80. The molecule has 1 unspecified atom stereocenters. The molecule has 0 bridgehead atoms. The maximum Gasteiger partial charge on any atom is 0.320 e. The molecule has 0 fully saturated rings. The average Bonchev–Trinajstić information content (AvgIpc) is 2.40. The van der Waals surface area contributed by atoms with Gasteiger partial charge in [0.2, 0.25) is 0 Å². The second-order valence-corrected chi connectivity index (χ2v) is 3.71. The van der Waals surface area contributed by atoms with Crippen LogP contribution in [0.15, 0.2) is 42.6 Å². The second kappa shape index (κ2) is 5.27. The van der Waals surface area contributed by atoms with Crippen molar-refractivity contribution in [1.82, 2.24) is 9.97 Å². The highest BCUT2D eigenvalue weighted by molar-refractivity contribution is 5.81. The normalized spacial score (nSPS) is 11.8. The first kappa shape index (κ1) is 12.0. The highest BCUT2D eigenvalue weighted by atomic mass is 16.5. The van der Waals surface area contributed by atoms with Crippen LogP contribution in [0.25, 0.3) is 0 Å². The first-order valence-electron chi connectivity index (χ1n) is 5.43. The Morgan fingerprint density at radius 3 is 2.61 bits per heavy atom. The predicted molar refractivity (Wildman–Crippen MR) is 66.7 cm³/mol. The molecule has 1 aromatic carbocycles. The van der Waals surface area contributed by atoms with Crippen LogP contribution in [0.4, 0.5) is 5.82 Å². The summed E-state index contributed by atoms with van der Waals surface area (Å²) >= 11 is 0. The summed E-state index contributed by atoms with van der Waals surface area (Å²) in [6.45, 7) is 0. The van der Waals surface area contributed by atoms with Crippen LogP contribution in [0.3, 0.4) is 0 Å². The number of anilines is 1. The van der Waals surface area contributed by atoms with Crippen molar-refractivity contribution in [2.45, 2.75) is 5.92 Å². The first-order valence-corrected chi connectivity index (χ1v) is 5.43. The number of carbonyl (C=O) groups excluding carboxylic acids is 1. The fourth-order valence-corrected chi connectivity index (χ4v) is 1.68. The molecule has 5 heteroatoms. The molecule has 0 saturated heterocycles. The van der Waals surface area contributed by atoms with Gasteiger partial charge >= 0.3 is 5.97 Å². The molecule has 2 N–H and O–H groups in total. The third-order valence-corrected chi connectivity index (χ3v) is 2.52. The molecule has 0 aliphatic heterocycles. The summed E-state index contributed by atoms with van der Waals surface area (Å²) in [5.74, 6) is -0.399. The number of aromatic nitrogens is 2. The molecule has 0 aliphatic carbocycles. The molecule has 18 heavy (non-hydrogen) atoms. The zero-order valence-corrected chi connectivity index (χ0v) is 9.91. The lowest BCUT2D eigenvalue weighted by Gasteiger charge is -2.13. The molecule has 1 aromatic heterocycles. The summed E-state index contributed by atoms with van der Waals surface area (Å²) in [6.07, 6.45) is 1.52. The Bertz CT molecular complexity index is 543. The Kier molecular flexibility index (Phi) is 3.52. The molecular weight excluding hydrogens is 230 g/mol. The molecule has 92 valence electrons. The summed E-state index contributed by atoms with van der Waals surface area (Å²) in [5.41, 5.74) is 6.39. The minimum absolute atomic E-state index is 0.324. The molecule has 2 aromatic rings. The fraction of sp³-hybridized carbons (Fsp3) is 0.154. The Morgan fingerprint density at radius 2 is 2.00 bits per heavy atom. The van der Waals surface area contributed by atoms with Gasteiger partial charge in [-0.1, -0.05) is 30.3 Å². The van der Waals surface area contributed by atoms with Crippen molar-refractivity contribution >= 4 is 11.8 Å². The van der Waals surface area contributed by atoms with E-state index in [2.05, 4.69) is 9.97 Å². The van der Waals surface area contributed by atoms with Crippen molar-refractivity contribution in [3.8, 4) is 0 Å². The number of nitrogen functional groups attached to an aromatic ring is 1. The van der Waals surface area contributed by atoms with Gasteiger partial charge in [0.25, 0.3) is 0 Å². The second-order valence-electron chi connectivity index (χ2n) is 3.71. The van der Waals surface area contributed by atoms with Crippen LogP contribution < -0.4 is 5.73 Å². The monoisotopic (exact) mass is 243 g/mol. The van der Waals surface area contributed by atoms with E-state index in [1.165, 1.54) is 13.3 Å². The van der Waals surface area contributed by atoms with Gasteiger partial charge in [-0.2, -0.15) is 0 Å². The van der Waals surface area contributed by atoms with Gasteiger partial charge in [0.1, 0.15) is 17.6 Å². The number of nitrogens with zero attached hydrogens (tertiary/aromatic N) is 2. The van der Waals surface area contributed by atoms with E-state index in [0.29, 0.717) is 11.6 Å². The highest BCUT2D eigenvalue weighted by Gasteiger charge is 2.26. The van der Waals surface area contributed by atoms with Crippen molar-refractivity contribution in [3.63, 3.8) is 0 Å². The van der Waals surface area contributed by atoms with Crippen LogP contribution >= 0.6 is 0 Å². The van der Waals surface area contributed by atoms with Crippen molar-refractivity contribution in [3.05, 3.63) is 54.0 Å². The molecule has 2 rings (SSSR count). The molecule has 1 atom stereocenters. The largest absolute Gasteiger partial charge is 0.468 e. The highest BCUT2D eigenvalue weighted by Crippen LogP contribution is 2.23. The standard InChI is InChI=1S/C13H13N3O2/c1-18-13(17)11(9-5-3-2-4-6-9)12-15-8-7-10(14)16-12/h2-8,11H,1H3,(H2,14,15,16). The lowest BCUT2D eigenvalue weighted by molar-refractivity contribution is -0.141. The van der Waals surface area contributed by atoms with E-state index in [0.717, 1.165) is 5.56 Å². The van der Waals surface area contributed by atoms with Gasteiger partial charge in [0.15, 0.2) is 0 Å². The number of rotatable bonds is 3. The zero-order chi connectivity index (χ0) is 13.0. The summed E-state index contributed by atoms with van der Waals surface area (Å²) in [6, 6.07) is 10.8. The maximum atomic E-state index is 11.9. The molecule has 1 heterocycles.